The van der Waals surface area contributed by atoms with Gasteiger partial charge in [0.25, 0.3) is 0 Å². The van der Waals surface area contributed by atoms with Crippen molar-refractivity contribution < 1.29 is 0 Å². The van der Waals surface area contributed by atoms with Gasteiger partial charge in [-0.3, -0.25) is 0 Å². The topological polar surface area (TPSA) is 41.1 Å². The lowest BCUT2D eigenvalue weighted by atomic mass is 9.95. The average molecular weight is 288 g/mol. The maximum absolute atomic E-state index is 4.76. The third-order valence-electron chi connectivity index (χ3n) is 3.67. The van der Waals surface area contributed by atoms with Gasteiger partial charge in [0.1, 0.15) is 5.82 Å². The maximum Gasteiger partial charge on any atom is 0.188 e. The summed E-state index contributed by atoms with van der Waals surface area (Å²) in [5.74, 6) is 1.44. The number of nitrogens with one attached hydrogen (secondary N) is 1. The fourth-order valence-corrected chi connectivity index (χ4v) is 3.35. The molecule has 2 aromatic heterocycles. The molecule has 2 aromatic rings. The first-order valence-electron chi connectivity index (χ1n) is 7.05. The number of aryl methyl sites for hydroxylation is 1. The van der Waals surface area contributed by atoms with Crippen LogP contribution in [0.15, 0.2) is 24.4 Å². The van der Waals surface area contributed by atoms with Gasteiger partial charge in [-0.1, -0.05) is 6.07 Å². The normalized spacial score (nSPS) is 20.0. The Morgan fingerprint density at radius 1 is 1.40 bits per heavy atom. The van der Waals surface area contributed by atoms with Crippen molar-refractivity contribution in [3.8, 4) is 0 Å². The Kier molecular flexibility index (Phi) is 3.98. The van der Waals surface area contributed by atoms with E-state index >= 15 is 0 Å². The Morgan fingerprint density at radius 3 is 3.05 bits per heavy atom. The zero-order valence-corrected chi connectivity index (χ0v) is 12.8. The summed E-state index contributed by atoms with van der Waals surface area (Å²) < 4.78 is 0. The minimum atomic E-state index is 0.550. The second-order valence-electron chi connectivity index (χ2n) is 5.45. The van der Waals surface area contributed by atoms with E-state index in [1.165, 1.54) is 30.0 Å². The monoisotopic (exact) mass is 288 g/mol. The van der Waals surface area contributed by atoms with Crippen LogP contribution in [0, 0.1) is 6.92 Å². The number of likely N-dealkylation sites (N-methyl/N-ethyl adjacent to an activating group) is 1. The Balaban J connectivity index is 1.75. The molecule has 0 aromatic carbocycles. The molecule has 3 rings (SSSR count). The van der Waals surface area contributed by atoms with Crippen LogP contribution in [-0.2, 0) is 0 Å². The van der Waals surface area contributed by atoms with Crippen molar-refractivity contribution in [3.05, 3.63) is 35.0 Å². The summed E-state index contributed by atoms with van der Waals surface area (Å²) in [4.78, 5) is 12.7. The van der Waals surface area contributed by atoms with Crippen molar-refractivity contribution in [1.82, 2.24) is 14.9 Å². The Morgan fingerprint density at radius 2 is 2.30 bits per heavy atom. The van der Waals surface area contributed by atoms with Crippen LogP contribution in [0.3, 0.4) is 0 Å². The number of piperidine rings is 1. The van der Waals surface area contributed by atoms with E-state index in [1.807, 2.05) is 12.3 Å². The molecule has 5 heteroatoms. The number of nitrogens with zero attached hydrogens (tertiary/aromatic N) is 3. The predicted octanol–water partition coefficient (Wildman–Crippen LogP) is 3.40. The number of aromatic nitrogens is 2. The van der Waals surface area contributed by atoms with E-state index in [2.05, 4.69) is 41.3 Å². The number of likely N-dealkylation sites (tertiary alicyclic amines) is 1. The van der Waals surface area contributed by atoms with Crippen LogP contribution in [0.25, 0.3) is 0 Å². The number of anilines is 2. The summed E-state index contributed by atoms with van der Waals surface area (Å²) in [6.45, 7) is 4.37. The van der Waals surface area contributed by atoms with E-state index in [1.54, 1.807) is 11.3 Å². The van der Waals surface area contributed by atoms with Gasteiger partial charge in [-0.2, -0.15) is 0 Å². The highest BCUT2D eigenvalue weighted by Crippen LogP contribution is 2.27. The van der Waals surface area contributed by atoms with Crippen LogP contribution in [-0.4, -0.2) is 35.0 Å². The zero-order valence-electron chi connectivity index (χ0n) is 12.0. The molecule has 0 radical (unpaired) electrons. The smallest absolute Gasteiger partial charge is 0.188 e. The highest BCUT2D eigenvalue weighted by molar-refractivity contribution is 7.15. The van der Waals surface area contributed by atoms with E-state index in [-0.39, 0.29) is 0 Å². The number of rotatable bonds is 3. The summed E-state index contributed by atoms with van der Waals surface area (Å²) >= 11 is 1.65. The first-order valence-corrected chi connectivity index (χ1v) is 7.87. The predicted molar refractivity (Wildman–Crippen MR) is 83.8 cm³/mol. The number of pyridine rings is 1. The Labute approximate surface area is 123 Å². The second kappa shape index (κ2) is 5.89. The van der Waals surface area contributed by atoms with Crippen LogP contribution in [0.5, 0.6) is 0 Å². The van der Waals surface area contributed by atoms with Crippen molar-refractivity contribution in [2.45, 2.75) is 25.7 Å². The lowest BCUT2D eigenvalue weighted by molar-refractivity contribution is 0.248. The molecule has 1 unspecified atom stereocenters. The van der Waals surface area contributed by atoms with Gasteiger partial charge in [-0.25, -0.2) is 9.97 Å². The van der Waals surface area contributed by atoms with Gasteiger partial charge in [-0.15, -0.1) is 11.3 Å². The molecular weight excluding hydrogens is 268 g/mol. The Hall–Kier alpha value is -1.46. The molecule has 0 spiro atoms. The van der Waals surface area contributed by atoms with Gasteiger partial charge in [0.2, 0.25) is 0 Å². The van der Waals surface area contributed by atoms with E-state index in [0.29, 0.717) is 5.92 Å². The molecule has 0 saturated carbocycles. The molecule has 1 atom stereocenters. The fraction of sp³-hybridized carbons (Fsp3) is 0.467. The van der Waals surface area contributed by atoms with Crippen LogP contribution >= 0.6 is 11.3 Å². The second-order valence-corrected chi connectivity index (χ2v) is 6.68. The molecule has 1 saturated heterocycles. The summed E-state index contributed by atoms with van der Waals surface area (Å²) in [7, 11) is 2.19. The van der Waals surface area contributed by atoms with Crippen LogP contribution < -0.4 is 5.32 Å². The van der Waals surface area contributed by atoms with E-state index in [4.69, 9.17) is 4.98 Å². The van der Waals surface area contributed by atoms with Crippen LogP contribution in [0.4, 0.5) is 10.9 Å². The van der Waals surface area contributed by atoms with E-state index in [9.17, 15) is 0 Å². The van der Waals surface area contributed by atoms with Crippen LogP contribution in [0.1, 0.15) is 29.3 Å². The van der Waals surface area contributed by atoms with Crippen molar-refractivity contribution in [2.75, 3.05) is 25.5 Å². The van der Waals surface area contributed by atoms with Crippen LogP contribution in [0.2, 0.25) is 0 Å². The molecule has 1 N–H and O–H groups in total. The quantitative estimate of drug-likeness (QED) is 0.940. The minimum absolute atomic E-state index is 0.550. The summed E-state index contributed by atoms with van der Waals surface area (Å²) in [6.07, 6.45) is 4.37. The lowest BCUT2D eigenvalue weighted by Gasteiger charge is -2.29. The first-order chi connectivity index (χ1) is 9.70. The minimum Gasteiger partial charge on any atom is -0.316 e. The van der Waals surface area contributed by atoms with E-state index in [0.717, 1.165) is 17.5 Å². The fourth-order valence-electron chi connectivity index (χ4n) is 2.68. The van der Waals surface area contributed by atoms with Crippen molar-refractivity contribution in [2.24, 2.45) is 0 Å². The molecule has 0 amide bonds. The van der Waals surface area contributed by atoms with Gasteiger partial charge in [0, 0.05) is 29.2 Å². The standard InChI is InChI=1S/C15H20N4S/c1-11-9-16-15(20-11)18-14-7-3-6-13(17-14)12-5-4-8-19(2)10-12/h3,6-7,9,12H,4-5,8,10H2,1-2H3,(H,16,17,18). The number of hydrogen-bond donors (Lipinski definition) is 1. The molecular formula is C15H20N4S. The van der Waals surface area contributed by atoms with Crippen molar-refractivity contribution in [3.63, 3.8) is 0 Å². The Bertz CT molecular complexity index is 581. The first kappa shape index (κ1) is 13.5. The SMILES string of the molecule is Cc1cnc(Nc2cccc(C3CCCN(C)C3)n2)s1. The summed E-state index contributed by atoms with van der Waals surface area (Å²) in [5, 5.41) is 4.21. The molecule has 1 aliphatic rings. The van der Waals surface area contributed by atoms with Gasteiger partial charge >= 0.3 is 0 Å². The lowest BCUT2D eigenvalue weighted by Crippen LogP contribution is -2.31. The highest BCUT2D eigenvalue weighted by atomic mass is 32.1. The van der Waals surface area contributed by atoms with Crippen molar-refractivity contribution in [1.29, 1.82) is 0 Å². The molecule has 0 aliphatic carbocycles. The van der Waals surface area contributed by atoms with Gasteiger partial charge in [0.05, 0.1) is 0 Å². The molecule has 106 valence electrons. The molecule has 0 bridgehead atoms. The molecule has 1 aliphatic heterocycles. The largest absolute Gasteiger partial charge is 0.316 e. The third-order valence-corrected chi connectivity index (χ3v) is 4.50. The maximum atomic E-state index is 4.76. The summed E-state index contributed by atoms with van der Waals surface area (Å²) in [5.41, 5.74) is 1.19. The summed E-state index contributed by atoms with van der Waals surface area (Å²) in [6, 6.07) is 6.23. The molecule has 4 nitrogen and oxygen atoms in total. The highest BCUT2D eigenvalue weighted by Gasteiger charge is 2.20. The van der Waals surface area contributed by atoms with Gasteiger partial charge in [-0.05, 0) is 45.5 Å². The number of hydrogen-bond acceptors (Lipinski definition) is 5. The molecule has 20 heavy (non-hydrogen) atoms. The van der Waals surface area contributed by atoms with Gasteiger partial charge < -0.3 is 10.2 Å². The molecule has 3 heterocycles. The molecule has 1 fully saturated rings. The number of thiazole rings is 1. The third kappa shape index (κ3) is 3.16. The van der Waals surface area contributed by atoms with E-state index < -0.39 is 0 Å². The average Bonchev–Trinajstić information content (AvgIpc) is 2.84. The van der Waals surface area contributed by atoms with Gasteiger partial charge in [0.15, 0.2) is 5.13 Å². The zero-order chi connectivity index (χ0) is 13.9. The van der Waals surface area contributed by atoms with Crippen molar-refractivity contribution >= 4 is 22.3 Å².